The average molecular weight is 504 g/mol. The van der Waals surface area contributed by atoms with Crippen molar-refractivity contribution < 1.29 is 31.9 Å². The zero-order chi connectivity index (χ0) is 25.3. The van der Waals surface area contributed by atoms with Crippen molar-refractivity contribution in [3.05, 3.63) is 100 Å². The number of rotatable bonds is 5. The summed E-state index contributed by atoms with van der Waals surface area (Å²) in [4.78, 5) is 38.3. The summed E-state index contributed by atoms with van der Waals surface area (Å²) in [5, 5.41) is 4.44. The van der Waals surface area contributed by atoms with Crippen LogP contribution in [0.1, 0.15) is 15.9 Å². The topological polar surface area (TPSA) is 78.5 Å². The molecule has 4 rings (SSSR count). The van der Waals surface area contributed by atoms with E-state index in [4.69, 9.17) is 11.6 Å². The standard InChI is InChI=1S/C24H14ClF4N3O3/c25-19-20(23(35)32(22(19)34)18-8-4-2-6-16(18)26)30-14-11-9-13(10-12-14)21(33)31-17-7-3-1-5-15(17)24(27,28)29/h1-12,30H,(H,31,33). The van der Waals surface area contributed by atoms with E-state index in [9.17, 15) is 31.9 Å². The molecule has 0 saturated carbocycles. The summed E-state index contributed by atoms with van der Waals surface area (Å²) in [6.07, 6.45) is -4.65. The third-order valence-electron chi connectivity index (χ3n) is 5.02. The summed E-state index contributed by atoms with van der Waals surface area (Å²) in [6, 6.07) is 15.1. The zero-order valence-corrected chi connectivity index (χ0v) is 18.2. The van der Waals surface area contributed by atoms with Crippen LogP contribution in [0.15, 0.2) is 83.5 Å². The monoisotopic (exact) mass is 503 g/mol. The lowest BCUT2D eigenvalue weighted by Gasteiger charge is -2.16. The van der Waals surface area contributed by atoms with Crippen LogP contribution in [-0.2, 0) is 15.8 Å². The third kappa shape index (κ3) is 4.73. The van der Waals surface area contributed by atoms with E-state index in [1.54, 1.807) is 0 Å². The Balaban J connectivity index is 1.50. The van der Waals surface area contributed by atoms with Gasteiger partial charge in [-0.2, -0.15) is 13.2 Å². The molecule has 0 aliphatic carbocycles. The lowest BCUT2D eigenvalue weighted by Crippen LogP contribution is -2.33. The predicted molar refractivity (Wildman–Crippen MR) is 121 cm³/mol. The molecule has 3 aromatic rings. The second-order valence-corrected chi connectivity index (χ2v) is 7.66. The molecule has 6 nitrogen and oxygen atoms in total. The molecule has 1 aliphatic rings. The smallest absolute Gasteiger partial charge is 0.350 e. The number of carbonyl (C=O) groups is 3. The molecule has 0 aromatic heterocycles. The number of hydrogen-bond donors (Lipinski definition) is 2. The van der Waals surface area contributed by atoms with Crippen molar-refractivity contribution >= 4 is 46.4 Å². The number of hydrogen-bond acceptors (Lipinski definition) is 4. The Hall–Kier alpha value is -4.18. The van der Waals surface area contributed by atoms with E-state index < -0.39 is 46.0 Å². The number of anilines is 3. The van der Waals surface area contributed by atoms with Gasteiger partial charge in [0.25, 0.3) is 17.7 Å². The van der Waals surface area contributed by atoms with Crippen LogP contribution in [0.3, 0.4) is 0 Å². The highest BCUT2D eigenvalue weighted by Crippen LogP contribution is 2.35. The minimum absolute atomic E-state index is 0.0365. The van der Waals surface area contributed by atoms with E-state index in [0.29, 0.717) is 4.90 Å². The minimum atomic E-state index is -4.65. The number of alkyl halides is 3. The molecular weight excluding hydrogens is 490 g/mol. The van der Waals surface area contributed by atoms with Crippen LogP contribution in [0.4, 0.5) is 34.6 Å². The van der Waals surface area contributed by atoms with E-state index >= 15 is 0 Å². The number of imide groups is 1. The SMILES string of the molecule is O=C(Nc1ccccc1C(F)(F)F)c1ccc(NC2=C(Cl)C(=O)N(c3ccccc3F)C2=O)cc1. The zero-order valence-electron chi connectivity index (χ0n) is 17.5. The molecule has 35 heavy (non-hydrogen) atoms. The van der Waals surface area contributed by atoms with Gasteiger partial charge < -0.3 is 10.6 Å². The first-order valence-corrected chi connectivity index (χ1v) is 10.3. The van der Waals surface area contributed by atoms with Crippen molar-refractivity contribution in [1.29, 1.82) is 0 Å². The Morgan fingerprint density at radius 2 is 1.49 bits per heavy atom. The molecule has 0 atom stereocenters. The summed E-state index contributed by atoms with van der Waals surface area (Å²) in [5.74, 6) is -3.37. The van der Waals surface area contributed by atoms with Crippen LogP contribution in [0.5, 0.6) is 0 Å². The van der Waals surface area contributed by atoms with E-state index in [-0.39, 0.29) is 22.6 Å². The van der Waals surface area contributed by atoms with Gasteiger partial charge in [0.05, 0.1) is 16.9 Å². The van der Waals surface area contributed by atoms with Crippen molar-refractivity contribution in [2.24, 2.45) is 0 Å². The molecule has 2 N–H and O–H groups in total. The van der Waals surface area contributed by atoms with Gasteiger partial charge in [0.15, 0.2) is 0 Å². The molecule has 178 valence electrons. The van der Waals surface area contributed by atoms with Crippen molar-refractivity contribution in [2.75, 3.05) is 15.5 Å². The number of halogens is 5. The lowest BCUT2D eigenvalue weighted by atomic mass is 10.1. The summed E-state index contributed by atoms with van der Waals surface area (Å²) in [5.41, 5.74) is -1.65. The van der Waals surface area contributed by atoms with Gasteiger partial charge in [0.1, 0.15) is 16.5 Å². The highest BCUT2D eigenvalue weighted by molar-refractivity contribution is 6.53. The van der Waals surface area contributed by atoms with E-state index in [0.717, 1.165) is 18.2 Å². The molecule has 0 saturated heterocycles. The van der Waals surface area contributed by atoms with Crippen LogP contribution in [-0.4, -0.2) is 17.7 Å². The van der Waals surface area contributed by atoms with E-state index in [1.165, 1.54) is 54.6 Å². The molecule has 0 unspecified atom stereocenters. The fourth-order valence-corrected chi connectivity index (χ4v) is 3.56. The summed E-state index contributed by atoms with van der Waals surface area (Å²) in [7, 11) is 0. The third-order valence-corrected chi connectivity index (χ3v) is 5.37. The van der Waals surface area contributed by atoms with Crippen molar-refractivity contribution in [2.45, 2.75) is 6.18 Å². The molecule has 1 heterocycles. The number of nitrogens with zero attached hydrogens (tertiary/aromatic N) is 1. The molecule has 3 aromatic carbocycles. The van der Waals surface area contributed by atoms with Gasteiger partial charge in [-0.3, -0.25) is 14.4 Å². The van der Waals surface area contributed by atoms with Gasteiger partial charge in [-0.1, -0.05) is 35.9 Å². The number of nitrogens with one attached hydrogen (secondary N) is 2. The van der Waals surface area contributed by atoms with Crippen LogP contribution >= 0.6 is 11.6 Å². The van der Waals surface area contributed by atoms with Crippen molar-refractivity contribution in [3.63, 3.8) is 0 Å². The normalized spacial score (nSPS) is 13.9. The lowest BCUT2D eigenvalue weighted by molar-refractivity contribution is -0.137. The fourth-order valence-electron chi connectivity index (χ4n) is 3.35. The summed E-state index contributed by atoms with van der Waals surface area (Å²) in [6.45, 7) is 0. The number of benzene rings is 3. The Bertz CT molecular complexity index is 1370. The number of para-hydroxylation sites is 2. The van der Waals surface area contributed by atoms with Crippen LogP contribution in [0, 0.1) is 5.82 Å². The fraction of sp³-hybridized carbons (Fsp3) is 0.0417. The number of carbonyl (C=O) groups excluding carboxylic acids is 3. The molecule has 0 spiro atoms. The van der Waals surface area contributed by atoms with Gasteiger partial charge in [-0.15, -0.1) is 0 Å². The predicted octanol–water partition coefficient (Wildman–Crippen LogP) is 5.53. The van der Waals surface area contributed by atoms with E-state index in [1.807, 2.05) is 0 Å². The maximum Gasteiger partial charge on any atom is 0.418 e. The van der Waals surface area contributed by atoms with Crippen LogP contribution in [0.2, 0.25) is 0 Å². The molecule has 3 amide bonds. The van der Waals surface area contributed by atoms with Gasteiger partial charge in [-0.05, 0) is 48.5 Å². The van der Waals surface area contributed by atoms with Crippen molar-refractivity contribution in [1.82, 2.24) is 0 Å². The van der Waals surface area contributed by atoms with Gasteiger partial charge in [0, 0.05) is 11.3 Å². The average Bonchev–Trinajstić information content (AvgIpc) is 3.02. The molecule has 0 bridgehead atoms. The van der Waals surface area contributed by atoms with Gasteiger partial charge in [-0.25, -0.2) is 9.29 Å². The second kappa shape index (κ2) is 9.22. The summed E-state index contributed by atoms with van der Waals surface area (Å²) >= 11 is 6.02. The second-order valence-electron chi connectivity index (χ2n) is 7.29. The molecule has 0 fully saturated rings. The molecular formula is C24H14ClF4N3O3. The number of amides is 3. The molecule has 11 heteroatoms. The van der Waals surface area contributed by atoms with Gasteiger partial charge >= 0.3 is 6.18 Å². The maximum atomic E-state index is 14.1. The van der Waals surface area contributed by atoms with Crippen LogP contribution < -0.4 is 15.5 Å². The quantitative estimate of drug-likeness (QED) is 0.354. The molecule has 0 radical (unpaired) electrons. The van der Waals surface area contributed by atoms with E-state index in [2.05, 4.69) is 10.6 Å². The Morgan fingerprint density at radius 1 is 0.857 bits per heavy atom. The maximum absolute atomic E-state index is 14.1. The van der Waals surface area contributed by atoms with Gasteiger partial charge in [0.2, 0.25) is 0 Å². The largest absolute Gasteiger partial charge is 0.418 e. The Morgan fingerprint density at radius 3 is 2.14 bits per heavy atom. The molecule has 1 aliphatic heterocycles. The first-order valence-electron chi connectivity index (χ1n) is 9.95. The van der Waals surface area contributed by atoms with Crippen LogP contribution in [0.25, 0.3) is 0 Å². The highest BCUT2D eigenvalue weighted by Gasteiger charge is 2.40. The Labute approximate surface area is 200 Å². The first-order chi connectivity index (χ1) is 16.6. The minimum Gasteiger partial charge on any atom is -0.350 e. The van der Waals surface area contributed by atoms with Crippen molar-refractivity contribution in [3.8, 4) is 0 Å². The highest BCUT2D eigenvalue weighted by atomic mass is 35.5. The first kappa shape index (κ1) is 24.0. The Kier molecular flexibility index (Phi) is 6.31. The summed E-state index contributed by atoms with van der Waals surface area (Å²) < 4.78 is 53.5.